The second kappa shape index (κ2) is 4.36. The van der Waals surface area contributed by atoms with E-state index in [-0.39, 0.29) is 5.13 Å². The van der Waals surface area contributed by atoms with E-state index in [1.165, 1.54) is 25.7 Å². The van der Waals surface area contributed by atoms with Gasteiger partial charge in [0.25, 0.3) is 0 Å². The average Bonchev–Trinajstić information content (AvgIpc) is 3.19. The van der Waals surface area contributed by atoms with Crippen LogP contribution in [0.2, 0.25) is 0 Å². The Hall–Kier alpha value is -0.850. The summed E-state index contributed by atoms with van der Waals surface area (Å²) in [4.78, 5) is 3.48. The Morgan fingerprint density at radius 1 is 1.22 bits per heavy atom. The van der Waals surface area contributed by atoms with Crippen LogP contribution >= 0.6 is 11.5 Å². The fraction of sp³-hybridized carbons (Fsp3) is 0.818. The molecule has 0 aliphatic heterocycles. The van der Waals surface area contributed by atoms with Crippen LogP contribution in [0, 0.1) is 17.8 Å². The zero-order valence-corrected chi connectivity index (χ0v) is 10.5. The summed E-state index contributed by atoms with van der Waals surface area (Å²) < 4.78 is 40.3. The molecular weight excluding hydrogens is 263 g/mol. The van der Waals surface area contributed by atoms with Gasteiger partial charge < -0.3 is 5.32 Å². The van der Waals surface area contributed by atoms with E-state index in [0.29, 0.717) is 5.92 Å². The fourth-order valence-electron chi connectivity index (χ4n) is 2.38. The molecule has 100 valence electrons. The minimum absolute atomic E-state index is 0.286. The molecule has 3 rings (SSSR count). The van der Waals surface area contributed by atoms with Gasteiger partial charge in [-0.3, -0.25) is 0 Å². The van der Waals surface area contributed by atoms with Gasteiger partial charge in [0.2, 0.25) is 11.0 Å². The molecule has 0 spiro atoms. The van der Waals surface area contributed by atoms with Crippen molar-refractivity contribution in [2.24, 2.45) is 17.8 Å². The Kier molecular flexibility index (Phi) is 2.96. The average molecular weight is 277 g/mol. The minimum atomic E-state index is -4.44. The first-order valence-corrected chi connectivity index (χ1v) is 6.96. The first kappa shape index (κ1) is 12.2. The molecule has 2 aliphatic rings. The van der Waals surface area contributed by atoms with E-state index in [4.69, 9.17) is 0 Å². The third-order valence-corrected chi connectivity index (χ3v) is 4.30. The number of hydrogen-bond acceptors (Lipinski definition) is 4. The van der Waals surface area contributed by atoms with Crippen molar-refractivity contribution in [1.82, 2.24) is 9.36 Å². The Morgan fingerprint density at radius 2 is 1.83 bits per heavy atom. The lowest BCUT2D eigenvalue weighted by Crippen LogP contribution is -2.18. The molecule has 0 bridgehead atoms. The quantitative estimate of drug-likeness (QED) is 0.896. The van der Waals surface area contributed by atoms with Crippen molar-refractivity contribution in [3.8, 4) is 0 Å². The van der Waals surface area contributed by atoms with Gasteiger partial charge in [0.05, 0.1) is 0 Å². The molecule has 1 N–H and O–H groups in total. The summed E-state index contributed by atoms with van der Waals surface area (Å²) in [5.74, 6) is 1.13. The van der Waals surface area contributed by atoms with Gasteiger partial charge in [-0.2, -0.15) is 22.5 Å². The van der Waals surface area contributed by atoms with Crippen molar-refractivity contribution in [1.29, 1.82) is 0 Å². The molecule has 1 aromatic heterocycles. The van der Waals surface area contributed by atoms with E-state index in [1.54, 1.807) is 0 Å². The molecular formula is C11H14F3N3S. The van der Waals surface area contributed by atoms with Crippen molar-refractivity contribution in [2.75, 3.05) is 11.9 Å². The Labute approximate surface area is 107 Å². The van der Waals surface area contributed by atoms with E-state index in [0.717, 1.165) is 29.9 Å². The van der Waals surface area contributed by atoms with Crippen LogP contribution in [0.25, 0.3) is 0 Å². The SMILES string of the molecule is FC(F)(F)c1nsc(NCC(C2CC2)C2CC2)n1. The second-order valence-electron chi connectivity index (χ2n) is 5.14. The molecule has 7 heteroatoms. The zero-order chi connectivity index (χ0) is 12.8. The molecule has 2 saturated carbocycles. The Bertz CT molecular complexity index is 411. The van der Waals surface area contributed by atoms with Gasteiger partial charge in [0, 0.05) is 18.1 Å². The van der Waals surface area contributed by atoms with Gasteiger partial charge in [-0.15, -0.1) is 0 Å². The lowest BCUT2D eigenvalue weighted by atomic mass is 9.98. The van der Waals surface area contributed by atoms with Crippen molar-refractivity contribution >= 4 is 16.7 Å². The minimum Gasteiger partial charge on any atom is -0.360 e. The number of alkyl halides is 3. The molecule has 0 radical (unpaired) electrons. The third-order valence-electron chi connectivity index (χ3n) is 3.62. The summed E-state index contributed by atoms with van der Waals surface area (Å²) in [6, 6.07) is 0. The summed E-state index contributed by atoms with van der Waals surface area (Å²) in [6.07, 6.45) is 0.641. The fourth-order valence-corrected chi connectivity index (χ4v) is 2.98. The van der Waals surface area contributed by atoms with Gasteiger partial charge >= 0.3 is 6.18 Å². The number of nitrogens with zero attached hydrogens (tertiary/aromatic N) is 2. The summed E-state index contributed by atoms with van der Waals surface area (Å²) in [5, 5.41) is 3.31. The predicted molar refractivity (Wildman–Crippen MR) is 62.3 cm³/mol. The standard InChI is InChI=1S/C11H14F3N3S/c12-11(13,14)9-16-10(18-17-9)15-5-8(6-1-2-6)7-3-4-7/h6-8H,1-5H2,(H,15,16,17). The van der Waals surface area contributed by atoms with Crippen molar-refractivity contribution in [3.63, 3.8) is 0 Å². The monoisotopic (exact) mass is 277 g/mol. The number of anilines is 1. The van der Waals surface area contributed by atoms with Gasteiger partial charge in [0.1, 0.15) is 0 Å². The molecule has 0 saturated heterocycles. The van der Waals surface area contributed by atoms with E-state index in [1.807, 2.05) is 0 Å². The maximum absolute atomic E-state index is 12.3. The summed E-state index contributed by atoms with van der Waals surface area (Å²) >= 11 is 0.790. The molecule has 2 aliphatic carbocycles. The van der Waals surface area contributed by atoms with Crippen LogP contribution in [-0.2, 0) is 6.18 Å². The van der Waals surface area contributed by atoms with Crippen molar-refractivity contribution in [2.45, 2.75) is 31.9 Å². The first-order valence-electron chi connectivity index (χ1n) is 6.19. The maximum Gasteiger partial charge on any atom is 0.452 e. The predicted octanol–water partition coefficient (Wildman–Crippen LogP) is 3.41. The molecule has 1 aromatic rings. The number of hydrogen-bond donors (Lipinski definition) is 1. The van der Waals surface area contributed by atoms with Gasteiger partial charge in [0.15, 0.2) is 0 Å². The molecule has 0 aromatic carbocycles. The molecule has 18 heavy (non-hydrogen) atoms. The summed E-state index contributed by atoms with van der Waals surface area (Å²) in [5.41, 5.74) is 0. The molecule has 0 unspecified atom stereocenters. The van der Waals surface area contributed by atoms with Crippen LogP contribution in [0.5, 0.6) is 0 Å². The lowest BCUT2D eigenvalue weighted by molar-refractivity contribution is -0.144. The topological polar surface area (TPSA) is 37.8 Å². The lowest BCUT2D eigenvalue weighted by Gasteiger charge is -2.15. The van der Waals surface area contributed by atoms with Gasteiger partial charge in [-0.1, -0.05) is 0 Å². The first-order chi connectivity index (χ1) is 8.54. The molecule has 0 amide bonds. The highest BCUT2D eigenvalue weighted by Gasteiger charge is 2.41. The van der Waals surface area contributed by atoms with Crippen LogP contribution in [-0.4, -0.2) is 15.9 Å². The highest BCUT2D eigenvalue weighted by Crippen LogP contribution is 2.49. The summed E-state index contributed by atoms with van der Waals surface area (Å²) in [7, 11) is 0. The largest absolute Gasteiger partial charge is 0.452 e. The Morgan fingerprint density at radius 3 is 2.28 bits per heavy atom. The van der Waals surface area contributed by atoms with Crippen molar-refractivity contribution < 1.29 is 13.2 Å². The summed E-state index contributed by atoms with van der Waals surface area (Å²) in [6.45, 7) is 0.738. The van der Waals surface area contributed by atoms with Crippen LogP contribution in [0.1, 0.15) is 31.5 Å². The normalized spacial score (nSPS) is 20.4. The smallest absolute Gasteiger partial charge is 0.360 e. The highest BCUT2D eigenvalue weighted by molar-refractivity contribution is 7.09. The molecule has 3 nitrogen and oxygen atoms in total. The molecule has 0 atom stereocenters. The third kappa shape index (κ3) is 2.76. The number of aromatic nitrogens is 2. The molecule has 2 fully saturated rings. The van der Waals surface area contributed by atoms with E-state index < -0.39 is 12.0 Å². The van der Waals surface area contributed by atoms with Crippen LogP contribution in [0.4, 0.5) is 18.3 Å². The van der Waals surface area contributed by atoms with Gasteiger partial charge in [-0.25, -0.2) is 0 Å². The van der Waals surface area contributed by atoms with Crippen LogP contribution < -0.4 is 5.32 Å². The highest BCUT2D eigenvalue weighted by atomic mass is 32.1. The van der Waals surface area contributed by atoms with E-state index >= 15 is 0 Å². The number of rotatable bonds is 5. The van der Waals surface area contributed by atoms with Gasteiger partial charge in [-0.05, 0) is 43.4 Å². The maximum atomic E-state index is 12.3. The Balaban J connectivity index is 1.57. The van der Waals surface area contributed by atoms with Crippen LogP contribution in [0.15, 0.2) is 0 Å². The molecule has 1 heterocycles. The van der Waals surface area contributed by atoms with Crippen LogP contribution in [0.3, 0.4) is 0 Å². The number of halogens is 3. The van der Waals surface area contributed by atoms with E-state index in [9.17, 15) is 13.2 Å². The second-order valence-corrected chi connectivity index (χ2v) is 5.89. The van der Waals surface area contributed by atoms with Crippen molar-refractivity contribution in [3.05, 3.63) is 5.82 Å². The zero-order valence-electron chi connectivity index (χ0n) is 9.70. The number of nitrogens with one attached hydrogen (secondary N) is 1. The van der Waals surface area contributed by atoms with E-state index in [2.05, 4.69) is 14.7 Å².